The van der Waals surface area contributed by atoms with Crippen molar-refractivity contribution in [3.63, 3.8) is 0 Å². The van der Waals surface area contributed by atoms with E-state index in [1.165, 1.54) is 42.6 Å². The van der Waals surface area contributed by atoms with E-state index in [2.05, 4.69) is 0 Å². The molecule has 2 aromatic carbocycles. The number of benzene rings is 2. The Morgan fingerprint density at radius 3 is 2.37 bits per heavy atom. The fourth-order valence-electron chi connectivity index (χ4n) is 3.89. The fraction of sp³-hybridized carbons (Fsp3) is 0.259. The molecule has 10 nitrogen and oxygen atoms in total. The number of hydrogen-bond acceptors (Lipinski definition) is 10. The van der Waals surface area contributed by atoms with E-state index in [1.807, 2.05) is 0 Å². The lowest BCUT2D eigenvalue weighted by Gasteiger charge is -2.48. The zero-order chi connectivity index (χ0) is 27.4. The molecule has 11 heteroatoms. The van der Waals surface area contributed by atoms with Crippen LogP contribution >= 0.6 is 11.8 Å². The number of β-lactam (4-membered cyclic amide) rings is 1. The quantitative estimate of drug-likeness (QED) is 0.304. The molecule has 0 unspecified atom stereocenters. The van der Waals surface area contributed by atoms with E-state index in [-0.39, 0.29) is 35.1 Å². The van der Waals surface area contributed by atoms with E-state index < -0.39 is 23.9 Å². The number of thioether (sulfide) groups is 1. The molecule has 2 atom stereocenters. The Morgan fingerprint density at radius 1 is 1.03 bits per heavy atom. The van der Waals surface area contributed by atoms with Crippen molar-refractivity contribution in [2.45, 2.75) is 31.9 Å². The van der Waals surface area contributed by atoms with Crippen LogP contribution in [0.3, 0.4) is 0 Å². The Hall–Kier alpha value is -4.09. The van der Waals surface area contributed by atoms with Crippen LogP contribution < -0.4 is 19.9 Å². The predicted molar refractivity (Wildman–Crippen MR) is 139 cm³/mol. The van der Waals surface area contributed by atoms with Gasteiger partial charge in [-0.2, -0.15) is 0 Å². The van der Waals surface area contributed by atoms with Crippen molar-refractivity contribution in [2.24, 2.45) is 5.73 Å². The molecule has 1 amide bonds. The van der Waals surface area contributed by atoms with Gasteiger partial charge in [-0.1, -0.05) is 30.4 Å². The summed E-state index contributed by atoms with van der Waals surface area (Å²) in [5.41, 5.74) is 8.03. The first-order valence-corrected chi connectivity index (χ1v) is 12.6. The van der Waals surface area contributed by atoms with Crippen molar-refractivity contribution in [1.82, 2.24) is 4.90 Å². The fourth-order valence-corrected chi connectivity index (χ4v) is 5.16. The van der Waals surface area contributed by atoms with Gasteiger partial charge in [-0.25, -0.2) is 4.79 Å². The van der Waals surface area contributed by atoms with E-state index in [9.17, 15) is 19.2 Å². The molecular weight excluding hydrogens is 512 g/mol. The smallest absolute Gasteiger partial charge is 0.355 e. The van der Waals surface area contributed by atoms with Crippen LogP contribution in [0, 0.1) is 0 Å². The minimum atomic E-state index is -0.685. The van der Waals surface area contributed by atoms with Crippen LogP contribution in [-0.4, -0.2) is 53.0 Å². The summed E-state index contributed by atoms with van der Waals surface area (Å²) in [6.45, 7) is 2.49. The zero-order valence-electron chi connectivity index (χ0n) is 21.0. The van der Waals surface area contributed by atoms with Gasteiger partial charge in [-0.3, -0.25) is 19.3 Å². The van der Waals surface area contributed by atoms with Crippen molar-refractivity contribution >= 4 is 41.7 Å². The van der Waals surface area contributed by atoms with Gasteiger partial charge in [0.05, 0.1) is 7.11 Å². The maximum absolute atomic E-state index is 13.2. The highest BCUT2D eigenvalue weighted by molar-refractivity contribution is 8.00. The van der Waals surface area contributed by atoms with Crippen molar-refractivity contribution in [1.29, 1.82) is 0 Å². The Kier molecular flexibility index (Phi) is 8.18. The van der Waals surface area contributed by atoms with Gasteiger partial charge in [0.25, 0.3) is 0 Å². The monoisotopic (exact) mass is 538 g/mol. The summed E-state index contributed by atoms with van der Waals surface area (Å²) in [4.78, 5) is 50.0. The van der Waals surface area contributed by atoms with E-state index in [4.69, 9.17) is 24.7 Å². The lowest BCUT2D eigenvalue weighted by atomic mass is 10.0. The highest BCUT2D eigenvalue weighted by Crippen LogP contribution is 2.40. The molecule has 2 aromatic rings. The van der Waals surface area contributed by atoms with E-state index in [1.54, 1.807) is 49.6 Å². The van der Waals surface area contributed by atoms with Gasteiger partial charge in [0.1, 0.15) is 29.5 Å². The van der Waals surface area contributed by atoms with Crippen LogP contribution in [-0.2, 0) is 30.5 Å². The Bertz CT molecular complexity index is 1340. The number of esters is 3. The third-order valence-corrected chi connectivity index (χ3v) is 7.04. The number of nitrogens with two attached hydrogens (primary N) is 1. The SMILES string of the molecule is COc1ccc(COC(=O)C2=C(C=Cc3ccc(OC(C)=O)c(OC(C)=O)c3)CS[C@@H]3[C@H](N)C(=O)N23)cc1. The number of hydrogen-bond donors (Lipinski definition) is 1. The second-order valence-corrected chi connectivity index (χ2v) is 9.57. The summed E-state index contributed by atoms with van der Waals surface area (Å²) in [6.07, 6.45) is 3.39. The molecule has 1 saturated heterocycles. The summed E-state index contributed by atoms with van der Waals surface area (Å²) in [5, 5.41) is -0.346. The molecule has 0 radical (unpaired) electrons. The number of fused-ring (bicyclic) bond motifs is 1. The molecule has 0 bridgehead atoms. The number of nitrogens with zero attached hydrogens (tertiary/aromatic N) is 1. The van der Waals surface area contributed by atoms with Crippen molar-refractivity contribution in [3.8, 4) is 17.2 Å². The molecule has 2 N–H and O–H groups in total. The maximum Gasteiger partial charge on any atom is 0.355 e. The van der Waals surface area contributed by atoms with Crippen LogP contribution in [0.2, 0.25) is 0 Å². The van der Waals surface area contributed by atoms with Crippen LogP contribution in [0.5, 0.6) is 17.2 Å². The first-order chi connectivity index (χ1) is 18.2. The summed E-state index contributed by atoms with van der Waals surface area (Å²) < 4.78 is 21.0. The number of ether oxygens (including phenoxy) is 4. The minimum Gasteiger partial charge on any atom is -0.497 e. The number of allylic oxidation sites excluding steroid dienone is 1. The van der Waals surface area contributed by atoms with Gasteiger partial charge in [0.2, 0.25) is 5.91 Å². The molecule has 0 aromatic heterocycles. The number of carbonyl (C=O) groups is 4. The summed E-state index contributed by atoms with van der Waals surface area (Å²) in [7, 11) is 1.56. The van der Waals surface area contributed by atoms with Crippen LogP contribution in [0.4, 0.5) is 0 Å². The van der Waals surface area contributed by atoms with Gasteiger partial charge in [0.15, 0.2) is 11.5 Å². The lowest BCUT2D eigenvalue weighted by Crippen LogP contribution is -2.68. The third kappa shape index (κ3) is 5.90. The van der Waals surface area contributed by atoms with E-state index in [0.717, 1.165) is 5.56 Å². The molecule has 198 valence electrons. The molecule has 0 aliphatic carbocycles. The normalized spacial score (nSPS) is 18.5. The van der Waals surface area contributed by atoms with Crippen molar-refractivity contribution in [2.75, 3.05) is 12.9 Å². The van der Waals surface area contributed by atoms with Gasteiger partial charge >= 0.3 is 17.9 Å². The highest BCUT2D eigenvalue weighted by Gasteiger charge is 2.51. The van der Waals surface area contributed by atoms with Gasteiger partial charge in [-0.15, -0.1) is 11.8 Å². The Labute approximate surface area is 223 Å². The van der Waals surface area contributed by atoms with Crippen molar-refractivity contribution < 1.29 is 38.1 Å². The van der Waals surface area contributed by atoms with E-state index >= 15 is 0 Å². The molecular formula is C27H26N2O8S. The van der Waals surface area contributed by atoms with Crippen molar-refractivity contribution in [3.05, 3.63) is 70.9 Å². The number of rotatable bonds is 8. The van der Waals surface area contributed by atoms with Gasteiger partial charge < -0.3 is 24.7 Å². The van der Waals surface area contributed by atoms with Gasteiger partial charge in [-0.05, 0) is 41.0 Å². The second kappa shape index (κ2) is 11.5. The number of methoxy groups -OCH3 is 1. The third-order valence-electron chi connectivity index (χ3n) is 5.71. The Morgan fingerprint density at radius 2 is 1.71 bits per heavy atom. The number of carbonyl (C=O) groups excluding carboxylic acids is 4. The lowest BCUT2D eigenvalue weighted by molar-refractivity contribution is -0.151. The standard InChI is InChI=1S/C27H26N2O8S/c1-15(30)36-21-11-7-17(12-22(21)37-16(2)31)4-8-19-14-38-26-23(28)25(32)29(26)24(19)27(33)35-13-18-5-9-20(34-3)10-6-18/h4-12,23,26H,13-14,28H2,1-3H3/t23-,26-/m1/s1. The predicted octanol–water partition coefficient (Wildman–Crippen LogP) is 2.80. The Balaban J connectivity index is 1.60. The second-order valence-electron chi connectivity index (χ2n) is 8.46. The zero-order valence-corrected chi connectivity index (χ0v) is 21.8. The molecule has 0 spiro atoms. The van der Waals surface area contributed by atoms with Gasteiger partial charge in [0, 0.05) is 19.6 Å². The molecule has 2 heterocycles. The summed E-state index contributed by atoms with van der Waals surface area (Å²) >= 11 is 1.45. The first-order valence-electron chi connectivity index (χ1n) is 11.6. The minimum absolute atomic E-state index is 0.0125. The molecule has 38 heavy (non-hydrogen) atoms. The largest absolute Gasteiger partial charge is 0.497 e. The molecule has 2 aliphatic heterocycles. The van der Waals surface area contributed by atoms with Crippen LogP contribution in [0.25, 0.3) is 6.08 Å². The maximum atomic E-state index is 13.2. The molecule has 2 aliphatic rings. The first kappa shape index (κ1) is 27.0. The van der Waals surface area contributed by atoms with Crippen LogP contribution in [0.15, 0.2) is 59.8 Å². The van der Waals surface area contributed by atoms with Crippen LogP contribution in [0.1, 0.15) is 25.0 Å². The topological polar surface area (TPSA) is 134 Å². The summed E-state index contributed by atoms with van der Waals surface area (Å²) in [6, 6.07) is 11.1. The average Bonchev–Trinajstić information content (AvgIpc) is 2.90. The molecule has 0 saturated carbocycles. The summed E-state index contributed by atoms with van der Waals surface area (Å²) in [5.74, 6) is -0.853. The number of amides is 1. The average molecular weight is 539 g/mol. The molecule has 4 rings (SSSR count). The molecule has 1 fully saturated rings. The highest BCUT2D eigenvalue weighted by atomic mass is 32.2. The van der Waals surface area contributed by atoms with E-state index in [0.29, 0.717) is 22.6 Å².